The molecule has 9 heteroatoms. The summed E-state index contributed by atoms with van der Waals surface area (Å²) in [6.45, 7) is 4.10. The summed E-state index contributed by atoms with van der Waals surface area (Å²) in [4.78, 5) is 27.3. The molecule has 1 aliphatic rings. The van der Waals surface area contributed by atoms with Crippen LogP contribution in [0.3, 0.4) is 0 Å². The first-order valence-corrected chi connectivity index (χ1v) is 8.56. The molecule has 0 saturated heterocycles. The lowest BCUT2D eigenvalue weighted by Crippen LogP contribution is -2.36. The zero-order valence-corrected chi connectivity index (χ0v) is 15.0. The van der Waals surface area contributed by atoms with Crippen LogP contribution in [0.25, 0.3) is 11.4 Å². The Balaban J connectivity index is 1.77. The highest BCUT2D eigenvalue weighted by atomic mass is 79.9. The minimum absolute atomic E-state index is 0.255. The van der Waals surface area contributed by atoms with E-state index in [1.807, 2.05) is 6.92 Å². The summed E-state index contributed by atoms with van der Waals surface area (Å²) in [5.74, 6) is 1.96. The van der Waals surface area contributed by atoms with E-state index < -0.39 is 6.09 Å². The van der Waals surface area contributed by atoms with Gasteiger partial charge in [-0.15, -0.1) is 0 Å². The van der Waals surface area contributed by atoms with Gasteiger partial charge in [-0.25, -0.2) is 19.7 Å². The Morgan fingerprint density at radius 3 is 2.88 bits per heavy atom. The molecule has 2 heterocycles. The lowest BCUT2D eigenvalue weighted by Gasteiger charge is -2.13. The Morgan fingerprint density at radius 1 is 1.46 bits per heavy atom. The van der Waals surface area contributed by atoms with Gasteiger partial charge >= 0.3 is 6.09 Å². The van der Waals surface area contributed by atoms with Gasteiger partial charge in [0.05, 0.1) is 5.69 Å². The molecule has 0 aromatic carbocycles. The highest BCUT2D eigenvalue weighted by molar-refractivity contribution is 9.10. The van der Waals surface area contributed by atoms with Gasteiger partial charge in [-0.3, -0.25) is 0 Å². The van der Waals surface area contributed by atoms with Crippen LogP contribution in [0.1, 0.15) is 37.1 Å². The first-order valence-electron chi connectivity index (χ1n) is 7.76. The van der Waals surface area contributed by atoms with Crippen LogP contribution in [0.4, 0.5) is 10.7 Å². The zero-order valence-electron chi connectivity index (χ0n) is 13.4. The highest BCUT2D eigenvalue weighted by Crippen LogP contribution is 2.40. The van der Waals surface area contributed by atoms with E-state index in [1.165, 1.54) is 12.8 Å². The van der Waals surface area contributed by atoms with Gasteiger partial charge in [0, 0.05) is 24.7 Å². The van der Waals surface area contributed by atoms with Crippen molar-refractivity contribution in [2.45, 2.75) is 38.6 Å². The number of imidazole rings is 1. The average molecular weight is 395 g/mol. The SMILES string of the molecule is Cc1cnc(NCC(C)NC(=O)O)nc1-c1nc(C2CC2)[nH]c1Br. The third kappa shape index (κ3) is 3.84. The maximum atomic E-state index is 10.6. The van der Waals surface area contributed by atoms with E-state index in [9.17, 15) is 4.79 Å². The van der Waals surface area contributed by atoms with Crippen LogP contribution in [-0.2, 0) is 0 Å². The van der Waals surface area contributed by atoms with Crippen LogP contribution in [-0.4, -0.2) is 43.7 Å². The Hall–Kier alpha value is -2.16. The number of amides is 1. The number of rotatable bonds is 6. The van der Waals surface area contributed by atoms with Crippen LogP contribution < -0.4 is 10.6 Å². The fraction of sp³-hybridized carbons (Fsp3) is 0.467. The summed E-state index contributed by atoms with van der Waals surface area (Å²) < 4.78 is 0.818. The Bertz CT molecular complexity index is 758. The van der Waals surface area contributed by atoms with Crippen molar-refractivity contribution >= 4 is 28.0 Å². The second kappa shape index (κ2) is 6.76. The molecule has 1 aliphatic carbocycles. The monoisotopic (exact) mass is 394 g/mol. The number of nitrogens with one attached hydrogen (secondary N) is 3. The summed E-state index contributed by atoms with van der Waals surface area (Å²) in [5.41, 5.74) is 2.45. The molecule has 1 atom stereocenters. The summed E-state index contributed by atoms with van der Waals surface area (Å²) in [6, 6.07) is -0.255. The molecule has 0 aliphatic heterocycles. The highest BCUT2D eigenvalue weighted by Gasteiger charge is 2.28. The molecule has 4 N–H and O–H groups in total. The molecule has 24 heavy (non-hydrogen) atoms. The smallest absolute Gasteiger partial charge is 0.404 e. The standard InChI is InChI=1S/C15H19BrN6O2/c1-7-5-17-14(18-6-8(2)19-15(23)24)21-10(7)11-12(16)22-13(20-11)9-3-4-9/h5,8-9,19H,3-4,6H2,1-2H3,(H,20,22)(H,23,24)(H,17,18,21). The molecule has 3 rings (SSSR count). The average Bonchev–Trinajstić information content (AvgIpc) is 3.29. The van der Waals surface area contributed by atoms with Crippen molar-refractivity contribution in [3.63, 3.8) is 0 Å². The zero-order chi connectivity index (χ0) is 17.3. The van der Waals surface area contributed by atoms with E-state index in [4.69, 9.17) is 5.11 Å². The number of hydrogen-bond donors (Lipinski definition) is 4. The van der Waals surface area contributed by atoms with Crippen LogP contribution in [0, 0.1) is 6.92 Å². The van der Waals surface area contributed by atoms with Crippen molar-refractivity contribution in [2.24, 2.45) is 0 Å². The fourth-order valence-electron chi connectivity index (χ4n) is 2.35. The molecule has 0 radical (unpaired) electrons. The van der Waals surface area contributed by atoms with Gasteiger partial charge in [0.15, 0.2) is 0 Å². The fourth-order valence-corrected chi connectivity index (χ4v) is 2.83. The predicted molar refractivity (Wildman–Crippen MR) is 93.1 cm³/mol. The third-order valence-corrected chi connectivity index (χ3v) is 4.35. The van der Waals surface area contributed by atoms with Crippen molar-refractivity contribution < 1.29 is 9.90 Å². The third-order valence-electron chi connectivity index (χ3n) is 3.77. The lowest BCUT2D eigenvalue weighted by atomic mass is 10.2. The number of aryl methyl sites for hydroxylation is 1. The van der Waals surface area contributed by atoms with E-state index in [1.54, 1.807) is 13.1 Å². The van der Waals surface area contributed by atoms with Gasteiger partial charge in [0.2, 0.25) is 5.95 Å². The maximum Gasteiger partial charge on any atom is 0.404 e. The molecule has 0 spiro atoms. The minimum Gasteiger partial charge on any atom is -0.465 e. The number of aromatic amines is 1. The molecule has 0 bridgehead atoms. The van der Waals surface area contributed by atoms with Crippen LogP contribution in [0.2, 0.25) is 0 Å². The number of hydrogen-bond acceptors (Lipinski definition) is 5. The molecule has 1 saturated carbocycles. The van der Waals surface area contributed by atoms with E-state index in [0.29, 0.717) is 18.4 Å². The summed E-state index contributed by atoms with van der Waals surface area (Å²) >= 11 is 3.52. The van der Waals surface area contributed by atoms with Crippen LogP contribution in [0.15, 0.2) is 10.8 Å². The molecule has 1 unspecified atom stereocenters. The molecule has 1 fully saturated rings. The second-order valence-corrected chi connectivity index (χ2v) is 6.81. The molecular weight excluding hydrogens is 376 g/mol. The molecule has 2 aromatic rings. The molecule has 8 nitrogen and oxygen atoms in total. The van der Waals surface area contributed by atoms with Crippen molar-refractivity contribution in [1.82, 2.24) is 25.3 Å². The normalized spacial score (nSPS) is 15.1. The number of halogens is 1. The predicted octanol–water partition coefficient (Wildman–Crippen LogP) is 2.88. The van der Waals surface area contributed by atoms with Crippen molar-refractivity contribution in [2.75, 3.05) is 11.9 Å². The molecular formula is C15H19BrN6O2. The van der Waals surface area contributed by atoms with Gasteiger partial charge < -0.3 is 20.7 Å². The quantitative estimate of drug-likeness (QED) is 0.598. The second-order valence-electron chi connectivity index (χ2n) is 6.02. The summed E-state index contributed by atoms with van der Waals surface area (Å²) in [5, 5.41) is 14.1. The minimum atomic E-state index is -1.05. The molecule has 1 amide bonds. The Morgan fingerprint density at radius 2 is 2.21 bits per heavy atom. The van der Waals surface area contributed by atoms with Crippen LogP contribution in [0.5, 0.6) is 0 Å². The van der Waals surface area contributed by atoms with Gasteiger partial charge in [-0.1, -0.05) is 0 Å². The van der Waals surface area contributed by atoms with E-state index in [0.717, 1.165) is 27.4 Å². The van der Waals surface area contributed by atoms with Gasteiger partial charge in [0.1, 0.15) is 16.1 Å². The Labute approximate surface area is 147 Å². The van der Waals surface area contributed by atoms with E-state index in [2.05, 4.69) is 46.5 Å². The number of carboxylic acid groups (broad SMARTS) is 1. The number of carbonyl (C=O) groups is 1. The molecule has 2 aromatic heterocycles. The summed E-state index contributed by atoms with van der Waals surface area (Å²) in [6.07, 6.45) is 3.02. The first-order chi connectivity index (χ1) is 11.4. The summed E-state index contributed by atoms with van der Waals surface area (Å²) in [7, 11) is 0. The van der Waals surface area contributed by atoms with Gasteiger partial charge in [0.25, 0.3) is 0 Å². The Kier molecular flexibility index (Phi) is 4.70. The van der Waals surface area contributed by atoms with E-state index in [-0.39, 0.29) is 6.04 Å². The number of aromatic nitrogens is 4. The van der Waals surface area contributed by atoms with Gasteiger partial charge in [-0.2, -0.15) is 0 Å². The van der Waals surface area contributed by atoms with Crippen molar-refractivity contribution in [1.29, 1.82) is 0 Å². The van der Waals surface area contributed by atoms with Crippen LogP contribution >= 0.6 is 15.9 Å². The maximum absolute atomic E-state index is 10.6. The van der Waals surface area contributed by atoms with Gasteiger partial charge in [-0.05, 0) is 48.2 Å². The topological polar surface area (TPSA) is 116 Å². The molecule has 128 valence electrons. The van der Waals surface area contributed by atoms with Crippen molar-refractivity contribution in [3.8, 4) is 11.4 Å². The lowest BCUT2D eigenvalue weighted by molar-refractivity contribution is 0.191. The van der Waals surface area contributed by atoms with E-state index >= 15 is 0 Å². The number of H-pyrrole nitrogens is 1. The number of nitrogens with zero attached hydrogens (tertiary/aromatic N) is 3. The largest absolute Gasteiger partial charge is 0.465 e. The first kappa shape index (κ1) is 16.7. The number of anilines is 1. The van der Waals surface area contributed by atoms with Crippen molar-refractivity contribution in [3.05, 3.63) is 22.2 Å².